The highest BCUT2D eigenvalue weighted by Gasteiger charge is 2.34. The lowest BCUT2D eigenvalue weighted by Gasteiger charge is -2.27. The Morgan fingerprint density at radius 2 is 1.66 bits per heavy atom. The number of nitrogens with two attached hydrogens (primary N) is 1. The molecular weight excluding hydrogens is 392 g/mol. The minimum Gasteiger partial charge on any atom is -0.336 e. The van der Waals surface area contributed by atoms with Gasteiger partial charge in [-0.2, -0.15) is 0 Å². The first-order chi connectivity index (χ1) is 13.5. The van der Waals surface area contributed by atoms with Crippen molar-refractivity contribution in [2.24, 2.45) is 5.73 Å². The standard InChI is InChI=1S/C21H22N4O3.ClH/c22-18-13-24(12-17(18)14-4-2-1-3-5-14)21(28)15-6-8-16(9-7-15)25-20(27)11-10-19(26)23-25;/h1-9,17-18H,10-13,22H2,(H,23,26);1H/t17-,18+;/m0./s1. The molecule has 0 unspecified atom stereocenters. The number of nitrogens with one attached hydrogen (secondary N) is 1. The number of carbonyl (C=O) groups excluding carboxylic acids is 3. The topological polar surface area (TPSA) is 95.7 Å². The van der Waals surface area contributed by atoms with Gasteiger partial charge in [0.15, 0.2) is 0 Å². The molecule has 2 aromatic rings. The molecule has 29 heavy (non-hydrogen) atoms. The Bertz CT molecular complexity index is 904. The molecule has 7 nitrogen and oxygen atoms in total. The molecule has 0 spiro atoms. The number of nitrogens with zero attached hydrogens (tertiary/aromatic N) is 2. The highest BCUT2D eigenvalue weighted by Crippen LogP contribution is 2.28. The van der Waals surface area contributed by atoms with Gasteiger partial charge in [-0.05, 0) is 29.8 Å². The summed E-state index contributed by atoms with van der Waals surface area (Å²) in [6.07, 6.45) is 0.378. The number of carbonyl (C=O) groups is 3. The lowest BCUT2D eigenvalue weighted by atomic mass is 9.95. The maximum atomic E-state index is 12.9. The van der Waals surface area contributed by atoms with Gasteiger partial charge in [0.05, 0.1) is 5.69 Å². The van der Waals surface area contributed by atoms with E-state index < -0.39 is 0 Å². The maximum absolute atomic E-state index is 12.9. The maximum Gasteiger partial charge on any atom is 0.253 e. The number of likely N-dealkylation sites (tertiary alicyclic amines) is 1. The number of amides is 3. The molecule has 2 atom stereocenters. The van der Waals surface area contributed by atoms with E-state index in [1.807, 2.05) is 30.3 Å². The van der Waals surface area contributed by atoms with Gasteiger partial charge in [0.1, 0.15) is 0 Å². The van der Waals surface area contributed by atoms with Crippen molar-refractivity contribution >= 4 is 35.8 Å². The van der Waals surface area contributed by atoms with Crippen LogP contribution in [0.2, 0.25) is 0 Å². The summed E-state index contributed by atoms with van der Waals surface area (Å²) in [5.41, 5.74) is 11.0. The number of hydrogen-bond donors (Lipinski definition) is 2. The van der Waals surface area contributed by atoms with Crippen LogP contribution in [0.15, 0.2) is 54.6 Å². The zero-order valence-corrected chi connectivity index (χ0v) is 16.6. The summed E-state index contributed by atoms with van der Waals surface area (Å²) in [5, 5.41) is 1.23. The highest BCUT2D eigenvalue weighted by molar-refractivity contribution is 6.01. The van der Waals surface area contributed by atoms with E-state index in [9.17, 15) is 14.4 Å². The molecule has 2 aromatic carbocycles. The number of halogens is 1. The van der Waals surface area contributed by atoms with Gasteiger partial charge in [0.2, 0.25) is 11.8 Å². The number of rotatable bonds is 3. The summed E-state index contributed by atoms with van der Waals surface area (Å²) in [4.78, 5) is 38.2. The monoisotopic (exact) mass is 414 g/mol. The summed E-state index contributed by atoms with van der Waals surface area (Å²) in [6.45, 7) is 1.08. The van der Waals surface area contributed by atoms with Crippen LogP contribution in [0.4, 0.5) is 5.69 Å². The average Bonchev–Trinajstić information content (AvgIpc) is 3.12. The normalized spacial score (nSPS) is 21.6. The summed E-state index contributed by atoms with van der Waals surface area (Å²) < 4.78 is 0. The number of benzene rings is 2. The molecule has 4 rings (SSSR count). The molecule has 0 bridgehead atoms. The first-order valence-electron chi connectivity index (χ1n) is 9.35. The third kappa shape index (κ3) is 4.26. The second-order valence-corrected chi connectivity index (χ2v) is 7.20. The lowest BCUT2D eigenvalue weighted by Crippen LogP contribution is -2.50. The van der Waals surface area contributed by atoms with Gasteiger partial charge in [0, 0.05) is 43.5 Å². The Labute approximate surface area is 175 Å². The van der Waals surface area contributed by atoms with Gasteiger partial charge in [-0.3, -0.25) is 19.8 Å². The van der Waals surface area contributed by atoms with Gasteiger partial charge in [-0.15, -0.1) is 12.4 Å². The van der Waals surface area contributed by atoms with Crippen molar-refractivity contribution in [2.45, 2.75) is 24.8 Å². The van der Waals surface area contributed by atoms with Crippen molar-refractivity contribution in [3.05, 3.63) is 65.7 Å². The molecule has 2 saturated heterocycles. The molecule has 0 radical (unpaired) electrons. The minimum absolute atomic E-state index is 0. The Balaban J connectivity index is 0.00000240. The Morgan fingerprint density at radius 1 is 0.966 bits per heavy atom. The van der Waals surface area contributed by atoms with Crippen LogP contribution in [0.3, 0.4) is 0 Å². The SMILES string of the molecule is Cl.N[C@@H]1CN(C(=O)c2ccc(N3NC(=O)CCC3=O)cc2)C[C@H]1c1ccccc1. The first-order valence-corrected chi connectivity index (χ1v) is 9.35. The fraction of sp³-hybridized carbons (Fsp3) is 0.286. The van der Waals surface area contributed by atoms with Crippen LogP contribution < -0.4 is 16.2 Å². The van der Waals surface area contributed by atoms with Crippen molar-refractivity contribution in [3.8, 4) is 0 Å². The number of anilines is 1. The van der Waals surface area contributed by atoms with Crippen molar-refractivity contribution in [1.29, 1.82) is 0 Å². The van der Waals surface area contributed by atoms with E-state index in [0.717, 1.165) is 5.56 Å². The van der Waals surface area contributed by atoms with Gasteiger partial charge in [-0.25, -0.2) is 5.01 Å². The van der Waals surface area contributed by atoms with Crippen LogP contribution in [0.25, 0.3) is 0 Å². The summed E-state index contributed by atoms with van der Waals surface area (Å²) in [5.74, 6) is -0.340. The Kier molecular flexibility index (Phi) is 6.20. The number of hydrogen-bond acceptors (Lipinski definition) is 4. The van der Waals surface area contributed by atoms with Gasteiger partial charge in [0.25, 0.3) is 5.91 Å². The molecule has 2 fully saturated rings. The van der Waals surface area contributed by atoms with E-state index in [0.29, 0.717) is 24.3 Å². The zero-order chi connectivity index (χ0) is 19.7. The average molecular weight is 415 g/mol. The van der Waals surface area contributed by atoms with Crippen LogP contribution in [-0.2, 0) is 9.59 Å². The summed E-state index contributed by atoms with van der Waals surface area (Å²) >= 11 is 0. The second-order valence-electron chi connectivity index (χ2n) is 7.20. The van der Waals surface area contributed by atoms with Crippen molar-refractivity contribution in [1.82, 2.24) is 10.3 Å². The van der Waals surface area contributed by atoms with E-state index in [2.05, 4.69) is 5.43 Å². The van der Waals surface area contributed by atoms with Crippen LogP contribution in [0.5, 0.6) is 0 Å². The van der Waals surface area contributed by atoms with Gasteiger partial charge in [-0.1, -0.05) is 30.3 Å². The molecule has 0 aromatic heterocycles. The molecule has 3 amide bonds. The minimum atomic E-state index is -0.197. The second kappa shape index (κ2) is 8.63. The molecule has 3 N–H and O–H groups in total. The van der Waals surface area contributed by atoms with E-state index in [-0.39, 0.29) is 54.9 Å². The predicted molar refractivity (Wildman–Crippen MR) is 112 cm³/mol. The summed E-state index contributed by atoms with van der Waals surface area (Å²) in [6, 6.07) is 16.6. The molecule has 0 saturated carbocycles. The molecule has 2 aliphatic heterocycles. The van der Waals surface area contributed by atoms with E-state index >= 15 is 0 Å². The summed E-state index contributed by atoms with van der Waals surface area (Å²) in [7, 11) is 0. The van der Waals surface area contributed by atoms with Crippen LogP contribution in [-0.4, -0.2) is 41.8 Å². The molecule has 0 aliphatic carbocycles. The lowest BCUT2D eigenvalue weighted by molar-refractivity contribution is -0.130. The van der Waals surface area contributed by atoms with Crippen molar-refractivity contribution in [3.63, 3.8) is 0 Å². The molecule has 152 valence electrons. The highest BCUT2D eigenvalue weighted by atomic mass is 35.5. The van der Waals surface area contributed by atoms with Crippen molar-refractivity contribution < 1.29 is 14.4 Å². The van der Waals surface area contributed by atoms with E-state index in [4.69, 9.17) is 5.73 Å². The zero-order valence-electron chi connectivity index (χ0n) is 15.8. The molecule has 8 heteroatoms. The third-order valence-corrected chi connectivity index (χ3v) is 5.30. The van der Waals surface area contributed by atoms with Crippen molar-refractivity contribution in [2.75, 3.05) is 18.1 Å². The van der Waals surface area contributed by atoms with Crippen LogP contribution >= 0.6 is 12.4 Å². The Hall–Kier alpha value is -2.90. The largest absolute Gasteiger partial charge is 0.336 e. The number of hydrazine groups is 1. The van der Waals surface area contributed by atoms with Gasteiger partial charge >= 0.3 is 0 Å². The predicted octanol–water partition coefficient (Wildman–Crippen LogP) is 1.83. The quantitative estimate of drug-likeness (QED) is 0.800. The van der Waals surface area contributed by atoms with Crippen LogP contribution in [0.1, 0.15) is 34.7 Å². The first kappa shape index (κ1) is 20.8. The van der Waals surface area contributed by atoms with Gasteiger partial charge < -0.3 is 10.6 Å². The fourth-order valence-electron chi connectivity index (χ4n) is 3.77. The molecule has 2 heterocycles. The molecular formula is C21H23ClN4O3. The van der Waals surface area contributed by atoms with Crippen LogP contribution in [0, 0.1) is 0 Å². The Morgan fingerprint density at radius 3 is 2.34 bits per heavy atom. The van der Waals surface area contributed by atoms with E-state index in [1.54, 1.807) is 29.2 Å². The smallest absolute Gasteiger partial charge is 0.253 e. The fourth-order valence-corrected chi connectivity index (χ4v) is 3.77. The molecule has 2 aliphatic rings. The third-order valence-electron chi connectivity index (χ3n) is 5.30. The van der Waals surface area contributed by atoms with E-state index in [1.165, 1.54) is 5.01 Å².